The van der Waals surface area contributed by atoms with Gasteiger partial charge in [-0.15, -0.1) is 0 Å². The molecule has 2 aromatic rings. The molecule has 6 heteroatoms. The topological polar surface area (TPSA) is 79.5 Å². The molecule has 1 aliphatic heterocycles. The van der Waals surface area contributed by atoms with Crippen molar-refractivity contribution in [2.24, 2.45) is 0 Å². The zero-order valence-corrected chi connectivity index (χ0v) is 15.7. The summed E-state index contributed by atoms with van der Waals surface area (Å²) < 4.78 is 5.47. The van der Waals surface area contributed by atoms with Crippen molar-refractivity contribution in [3.05, 3.63) is 59.2 Å². The number of anilines is 2. The van der Waals surface area contributed by atoms with Gasteiger partial charge in [-0.3, -0.25) is 4.79 Å². The zero-order valence-electron chi connectivity index (χ0n) is 15.7. The summed E-state index contributed by atoms with van der Waals surface area (Å²) in [6.07, 6.45) is 2.14. The number of ether oxygens (including phenoxy) is 1. The zero-order chi connectivity index (χ0) is 19.2. The monoisotopic (exact) mass is 367 g/mol. The van der Waals surface area contributed by atoms with Crippen LogP contribution < -0.4 is 16.0 Å². The highest BCUT2D eigenvalue weighted by atomic mass is 16.5. The van der Waals surface area contributed by atoms with Gasteiger partial charge in [0.1, 0.15) is 0 Å². The molecular weight excluding hydrogens is 342 g/mol. The van der Waals surface area contributed by atoms with Gasteiger partial charge in [0, 0.05) is 30.1 Å². The molecule has 0 aliphatic carbocycles. The molecule has 1 fully saturated rings. The molecule has 0 saturated carbocycles. The molecule has 2 aromatic carbocycles. The van der Waals surface area contributed by atoms with Gasteiger partial charge >= 0.3 is 6.03 Å². The predicted molar refractivity (Wildman–Crippen MR) is 106 cm³/mol. The Morgan fingerprint density at radius 1 is 1.04 bits per heavy atom. The van der Waals surface area contributed by atoms with Crippen molar-refractivity contribution in [3.63, 3.8) is 0 Å². The molecule has 1 aliphatic rings. The van der Waals surface area contributed by atoms with Gasteiger partial charge in [-0.25, -0.2) is 4.79 Å². The number of carbonyl (C=O) groups excluding carboxylic acids is 2. The Kier molecular flexibility index (Phi) is 6.08. The van der Waals surface area contributed by atoms with E-state index < -0.39 is 0 Å². The maximum Gasteiger partial charge on any atom is 0.319 e. The maximum absolute atomic E-state index is 12.4. The van der Waals surface area contributed by atoms with Crippen molar-refractivity contribution in [1.29, 1.82) is 0 Å². The molecule has 1 heterocycles. The first-order valence-corrected chi connectivity index (χ1v) is 9.16. The Balaban J connectivity index is 1.52. The number of urea groups is 1. The van der Waals surface area contributed by atoms with Gasteiger partial charge in [0.25, 0.3) is 5.91 Å². The smallest absolute Gasteiger partial charge is 0.319 e. The average Bonchev–Trinajstić information content (AvgIpc) is 3.15. The highest BCUT2D eigenvalue weighted by Crippen LogP contribution is 2.17. The summed E-state index contributed by atoms with van der Waals surface area (Å²) >= 11 is 0. The summed E-state index contributed by atoms with van der Waals surface area (Å²) in [7, 11) is 0. The molecule has 6 nitrogen and oxygen atoms in total. The van der Waals surface area contributed by atoms with Crippen molar-refractivity contribution < 1.29 is 14.3 Å². The van der Waals surface area contributed by atoms with E-state index in [1.807, 2.05) is 32.0 Å². The van der Waals surface area contributed by atoms with E-state index in [1.54, 1.807) is 24.3 Å². The van der Waals surface area contributed by atoms with Crippen LogP contribution in [0.25, 0.3) is 0 Å². The van der Waals surface area contributed by atoms with Crippen molar-refractivity contribution in [2.45, 2.75) is 32.8 Å². The number of hydrogen-bond donors (Lipinski definition) is 3. The lowest BCUT2D eigenvalue weighted by Gasteiger charge is -2.12. The standard InChI is InChI=1S/C21H25N3O3/c1-14-5-10-19(15(2)12-14)20(25)23-16-6-8-17(9-7-16)24-21(26)22-13-18-4-3-11-27-18/h5-10,12,18H,3-4,11,13H2,1-2H3,(H,23,25)(H2,22,24,26). The number of nitrogens with one attached hydrogen (secondary N) is 3. The second-order valence-electron chi connectivity index (χ2n) is 6.82. The Morgan fingerprint density at radius 3 is 2.37 bits per heavy atom. The summed E-state index contributed by atoms with van der Waals surface area (Å²) in [6.45, 7) is 5.20. The van der Waals surface area contributed by atoms with Crippen LogP contribution in [-0.4, -0.2) is 31.2 Å². The van der Waals surface area contributed by atoms with Gasteiger partial charge in [-0.05, 0) is 62.6 Å². The molecule has 0 spiro atoms. The summed E-state index contributed by atoms with van der Waals surface area (Å²) in [6, 6.07) is 12.5. The Labute approximate surface area is 159 Å². The summed E-state index contributed by atoms with van der Waals surface area (Å²) in [5.41, 5.74) is 4.04. The first-order chi connectivity index (χ1) is 13.0. The van der Waals surface area contributed by atoms with E-state index in [1.165, 1.54) is 0 Å². The van der Waals surface area contributed by atoms with Crippen LogP contribution in [-0.2, 0) is 4.74 Å². The molecule has 1 saturated heterocycles. The van der Waals surface area contributed by atoms with Crippen LogP contribution in [0.2, 0.25) is 0 Å². The molecule has 0 aromatic heterocycles. The molecule has 1 unspecified atom stereocenters. The first kappa shape index (κ1) is 18.9. The molecule has 142 valence electrons. The van der Waals surface area contributed by atoms with Gasteiger partial charge in [0.05, 0.1) is 6.10 Å². The molecule has 27 heavy (non-hydrogen) atoms. The minimum absolute atomic E-state index is 0.110. The Hall–Kier alpha value is -2.86. The van der Waals surface area contributed by atoms with E-state index in [0.717, 1.165) is 30.6 Å². The predicted octanol–water partition coefficient (Wildman–Crippen LogP) is 3.86. The second-order valence-corrected chi connectivity index (χ2v) is 6.82. The fraction of sp³-hybridized carbons (Fsp3) is 0.333. The van der Waals surface area contributed by atoms with Gasteiger partial charge < -0.3 is 20.7 Å². The normalized spacial score (nSPS) is 16.0. The fourth-order valence-electron chi connectivity index (χ4n) is 3.09. The van der Waals surface area contributed by atoms with Gasteiger partial charge in [0.2, 0.25) is 0 Å². The van der Waals surface area contributed by atoms with Crippen LogP contribution in [0.1, 0.15) is 34.3 Å². The van der Waals surface area contributed by atoms with E-state index in [9.17, 15) is 9.59 Å². The third-order valence-corrected chi connectivity index (χ3v) is 4.54. The number of carbonyl (C=O) groups is 2. The van der Waals surface area contributed by atoms with Gasteiger partial charge in [-0.1, -0.05) is 17.7 Å². The van der Waals surface area contributed by atoms with Crippen molar-refractivity contribution in [2.75, 3.05) is 23.8 Å². The average molecular weight is 367 g/mol. The first-order valence-electron chi connectivity index (χ1n) is 9.16. The molecule has 3 N–H and O–H groups in total. The van der Waals surface area contributed by atoms with Gasteiger partial charge in [0.15, 0.2) is 0 Å². The van der Waals surface area contributed by atoms with Crippen LogP contribution in [0.5, 0.6) is 0 Å². The number of benzene rings is 2. The number of amides is 3. The van der Waals surface area contributed by atoms with E-state index in [0.29, 0.717) is 23.5 Å². The minimum atomic E-state index is -0.266. The Bertz CT molecular complexity index is 812. The third-order valence-electron chi connectivity index (χ3n) is 4.54. The van der Waals surface area contributed by atoms with Crippen LogP contribution in [0, 0.1) is 13.8 Å². The van der Waals surface area contributed by atoms with E-state index in [2.05, 4.69) is 16.0 Å². The maximum atomic E-state index is 12.4. The number of rotatable bonds is 5. The third kappa shape index (κ3) is 5.31. The molecular formula is C21H25N3O3. The molecule has 0 bridgehead atoms. The van der Waals surface area contributed by atoms with Crippen molar-refractivity contribution >= 4 is 23.3 Å². The second kappa shape index (κ2) is 8.68. The highest BCUT2D eigenvalue weighted by molar-refractivity contribution is 6.05. The van der Waals surface area contributed by atoms with E-state index in [-0.39, 0.29) is 18.0 Å². The van der Waals surface area contributed by atoms with Crippen LogP contribution >= 0.6 is 0 Å². The summed E-state index contributed by atoms with van der Waals surface area (Å²) in [4.78, 5) is 24.4. The largest absolute Gasteiger partial charge is 0.376 e. The van der Waals surface area contributed by atoms with Crippen LogP contribution in [0.4, 0.5) is 16.2 Å². The van der Waals surface area contributed by atoms with Crippen molar-refractivity contribution in [3.8, 4) is 0 Å². The lowest BCUT2D eigenvalue weighted by molar-refractivity contribution is 0.102. The van der Waals surface area contributed by atoms with E-state index in [4.69, 9.17) is 4.74 Å². The van der Waals surface area contributed by atoms with E-state index >= 15 is 0 Å². The van der Waals surface area contributed by atoms with Gasteiger partial charge in [-0.2, -0.15) is 0 Å². The molecule has 0 radical (unpaired) electrons. The molecule has 3 rings (SSSR count). The number of aryl methyl sites for hydroxylation is 2. The summed E-state index contributed by atoms with van der Waals surface area (Å²) in [5, 5.41) is 8.46. The number of hydrogen-bond acceptors (Lipinski definition) is 3. The van der Waals surface area contributed by atoms with Crippen molar-refractivity contribution in [1.82, 2.24) is 5.32 Å². The molecule has 3 amide bonds. The lowest BCUT2D eigenvalue weighted by atomic mass is 10.1. The SMILES string of the molecule is Cc1ccc(C(=O)Nc2ccc(NC(=O)NCC3CCCO3)cc2)c(C)c1. The minimum Gasteiger partial charge on any atom is -0.376 e. The molecule has 1 atom stereocenters. The Morgan fingerprint density at radius 2 is 1.74 bits per heavy atom. The van der Waals surface area contributed by atoms with Crippen LogP contribution in [0.15, 0.2) is 42.5 Å². The summed E-state index contributed by atoms with van der Waals surface area (Å²) in [5.74, 6) is -0.150. The van der Waals surface area contributed by atoms with Crippen LogP contribution in [0.3, 0.4) is 0 Å². The highest BCUT2D eigenvalue weighted by Gasteiger charge is 2.16. The lowest BCUT2D eigenvalue weighted by Crippen LogP contribution is -2.35. The fourth-order valence-corrected chi connectivity index (χ4v) is 3.09. The quantitative estimate of drug-likeness (QED) is 0.751.